The van der Waals surface area contributed by atoms with Gasteiger partial charge < -0.3 is 4.90 Å². The molecule has 0 bridgehead atoms. The molecule has 0 radical (unpaired) electrons. The number of halogens is 3. The van der Waals surface area contributed by atoms with Crippen LogP contribution in [-0.2, 0) is 27.5 Å². The van der Waals surface area contributed by atoms with E-state index in [2.05, 4.69) is 5.10 Å². The maximum absolute atomic E-state index is 12.8. The SMILES string of the molecule is CC(C)c1ccc(S(=O)(=O)N2CCN(C(=O)Cn3ccc(C(F)(F)F)n3)CC2)cc1. The van der Waals surface area contributed by atoms with Crippen molar-refractivity contribution in [2.75, 3.05) is 26.2 Å². The number of piperazine rings is 1. The Bertz CT molecular complexity index is 993. The minimum absolute atomic E-state index is 0.118. The number of nitrogens with zero attached hydrogens (tertiary/aromatic N) is 4. The van der Waals surface area contributed by atoms with Crippen molar-refractivity contribution in [2.24, 2.45) is 0 Å². The Labute approximate surface area is 173 Å². The number of amides is 1. The van der Waals surface area contributed by atoms with E-state index in [9.17, 15) is 26.4 Å². The fourth-order valence-corrected chi connectivity index (χ4v) is 4.61. The molecule has 1 aromatic heterocycles. The standard InChI is InChI=1S/C19H23F3N4O3S/c1-14(2)15-3-5-16(6-4-15)30(28,29)26-11-9-24(10-12-26)18(27)13-25-8-7-17(23-25)19(20,21)22/h3-8,14H,9-13H2,1-2H3. The Morgan fingerprint density at radius 2 is 1.67 bits per heavy atom. The summed E-state index contributed by atoms with van der Waals surface area (Å²) in [6, 6.07) is 7.55. The number of hydrogen-bond acceptors (Lipinski definition) is 4. The second-order valence-corrected chi connectivity index (χ2v) is 9.34. The maximum atomic E-state index is 12.8. The van der Waals surface area contributed by atoms with Crippen LogP contribution in [0.15, 0.2) is 41.4 Å². The molecule has 0 N–H and O–H groups in total. The van der Waals surface area contributed by atoms with Gasteiger partial charge in [-0.1, -0.05) is 26.0 Å². The van der Waals surface area contributed by atoms with Crippen molar-refractivity contribution in [2.45, 2.75) is 37.4 Å². The van der Waals surface area contributed by atoms with Crippen LogP contribution in [0.5, 0.6) is 0 Å². The molecule has 3 rings (SSSR count). The van der Waals surface area contributed by atoms with Crippen LogP contribution < -0.4 is 0 Å². The lowest BCUT2D eigenvalue weighted by Crippen LogP contribution is -2.51. The molecule has 7 nitrogen and oxygen atoms in total. The van der Waals surface area contributed by atoms with Crippen LogP contribution in [0.4, 0.5) is 13.2 Å². The van der Waals surface area contributed by atoms with Crippen LogP contribution in [0, 0.1) is 0 Å². The van der Waals surface area contributed by atoms with E-state index >= 15 is 0 Å². The van der Waals surface area contributed by atoms with Crippen molar-refractivity contribution in [1.29, 1.82) is 0 Å². The second kappa shape index (κ2) is 8.38. The lowest BCUT2D eigenvalue weighted by molar-refractivity contribution is -0.142. The first-order valence-corrected chi connectivity index (χ1v) is 10.9. The molecule has 0 aliphatic carbocycles. The molecule has 2 heterocycles. The van der Waals surface area contributed by atoms with E-state index in [-0.39, 0.29) is 37.6 Å². The van der Waals surface area contributed by atoms with Crippen molar-refractivity contribution in [3.63, 3.8) is 0 Å². The van der Waals surface area contributed by atoms with Gasteiger partial charge in [0, 0.05) is 32.4 Å². The Hall–Kier alpha value is -2.40. The first-order valence-electron chi connectivity index (χ1n) is 9.47. The third-order valence-corrected chi connectivity index (χ3v) is 6.92. The number of hydrogen-bond donors (Lipinski definition) is 0. The number of rotatable bonds is 5. The fraction of sp³-hybridized carbons (Fsp3) is 0.474. The average molecular weight is 444 g/mol. The summed E-state index contributed by atoms with van der Waals surface area (Å²) in [7, 11) is -3.67. The van der Waals surface area contributed by atoms with Crippen LogP contribution in [0.3, 0.4) is 0 Å². The van der Waals surface area contributed by atoms with Crippen LogP contribution in [0.2, 0.25) is 0 Å². The molecule has 1 aliphatic heterocycles. The molecule has 11 heteroatoms. The summed E-state index contributed by atoms with van der Waals surface area (Å²) in [6.07, 6.45) is -3.47. The number of sulfonamides is 1. The monoisotopic (exact) mass is 444 g/mol. The van der Waals surface area contributed by atoms with E-state index in [1.54, 1.807) is 24.3 Å². The molecule has 30 heavy (non-hydrogen) atoms. The molecule has 1 aromatic carbocycles. The molecule has 0 saturated carbocycles. The van der Waals surface area contributed by atoms with Crippen LogP contribution >= 0.6 is 0 Å². The van der Waals surface area contributed by atoms with Crippen LogP contribution in [0.25, 0.3) is 0 Å². The summed E-state index contributed by atoms with van der Waals surface area (Å²) in [5.41, 5.74) is -0.0219. The fourth-order valence-electron chi connectivity index (χ4n) is 3.19. The number of carbonyl (C=O) groups excluding carboxylic acids is 1. The van der Waals surface area contributed by atoms with E-state index in [0.717, 1.165) is 22.5 Å². The highest BCUT2D eigenvalue weighted by molar-refractivity contribution is 7.89. The Morgan fingerprint density at radius 3 is 2.17 bits per heavy atom. The van der Waals surface area contributed by atoms with Crippen molar-refractivity contribution in [3.05, 3.63) is 47.8 Å². The van der Waals surface area contributed by atoms with Crippen LogP contribution in [-0.4, -0.2) is 59.5 Å². The molecular weight excluding hydrogens is 421 g/mol. The van der Waals surface area contributed by atoms with Gasteiger partial charge in [-0.05, 0) is 29.7 Å². The molecule has 2 aromatic rings. The highest BCUT2D eigenvalue weighted by Gasteiger charge is 2.34. The van der Waals surface area contributed by atoms with Crippen molar-refractivity contribution in [1.82, 2.24) is 19.0 Å². The van der Waals surface area contributed by atoms with Gasteiger partial charge in [0.2, 0.25) is 15.9 Å². The molecular formula is C19H23F3N4O3S. The van der Waals surface area contributed by atoms with Gasteiger partial charge in [-0.3, -0.25) is 9.48 Å². The molecule has 0 spiro atoms. The highest BCUT2D eigenvalue weighted by Crippen LogP contribution is 2.27. The van der Waals surface area contributed by atoms with E-state index in [1.165, 1.54) is 9.21 Å². The molecule has 0 unspecified atom stereocenters. The van der Waals surface area contributed by atoms with E-state index in [0.29, 0.717) is 5.92 Å². The van der Waals surface area contributed by atoms with Gasteiger partial charge in [-0.2, -0.15) is 22.6 Å². The van der Waals surface area contributed by atoms with E-state index in [4.69, 9.17) is 0 Å². The zero-order valence-corrected chi connectivity index (χ0v) is 17.4. The van der Waals surface area contributed by atoms with Crippen molar-refractivity contribution in [3.8, 4) is 0 Å². The minimum Gasteiger partial charge on any atom is -0.338 e. The highest BCUT2D eigenvalue weighted by atomic mass is 32.2. The summed E-state index contributed by atoms with van der Waals surface area (Å²) in [4.78, 5) is 14.0. The van der Waals surface area contributed by atoms with E-state index < -0.39 is 27.8 Å². The normalized spacial score (nSPS) is 16.3. The van der Waals surface area contributed by atoms with Gasteiger partial charge in [-0.15, -0.1) is 0 Å². The van der Waals surface area contributed by atoms with Gasteiger partial charge in [0.15, 0.2) is 5.69 Å². The molecule has 1 aliphatic rings. The molecule has 1 amide bonds. The average Bonchev–Trinajstić information content (AvgIpc) is 3.17. The number of alkyl halides is 3. The lowest BCUT2D eigenvalue weighted by atomic mass is 10.0. The van der Waals surface area contributed by atoms with Gasteiger partial charge in [0.1, 0.15) is 6.54 Å². The Balaban J connectivity index is 1.59. The Kier molecular flexibility index (Phi) is 6.23. The summed E-state index contributed by atoms with van der Waals surface area (Å²) >= 11 is 0. The molecule has 164 valence electrons. The molecule has 1 saturated heterocycles. The maximum Gasteiger partial charge on any atom is 0.435 e. The van der Waals surface area contributed by atoms with Gasteiger partial charge in [0.25, 0.3) is 0 Å². The summed E-state index contributed by atoms with van der Waals surface area (Å²) in [5.74, 6) is -0.122. The van der Waals surface area contributed by atoms with Crippen molar-refractivity contribution >= 4 is 15.9 Å². The van der Waals surface area contributed by atoms with Gasteiger partial charge in [0.05, 0.1) is 4.90 Å². The van der Waals surface area contributed by atoms with Crippen molar-refractivity contribution < 1.29 is 26.4 Å². The second-order valence-electron chi connectivity index (χ2n) is 7.40. The lowest BCUT2D eigenvalue weighted by Gasteiger charge is -2.34. The largest absolute Gasteiger partial charge is 0.435 e. The predicted molar refractivity (Wildman–Crippen MR) is 103 cm³/mol. The number of aromatic nitrogens is 2. The van der Waals surface area contributed by atoms with Gasteiger partial charge in [-0.25, -0.2) is 8.42 Å². The minimum atomic E-state index is -4.57. The van der Waals surface area contributed by atoms with E-state index in [1.807, 2.05) is 13.8 Å². The first kappa shape index (κ1) is 22.3. The number of carbonyl (C=O) groups is 1. The summed E-state index contributed by atoms with van der Waals surface area (Å²) < 4.78 is 65.8. The third-order valence-electron chi connectivity index (χ3n) is 5.00. The summed E-state index contributed by atoms with van der Waals surface area (Å²) in [6.45, 7) is 4.27. The zero-order valence-electron chi connectivity index (χ0n) is 16.6. The Morgan fingerprint density at radius 1 is 1.07 bits per heavy atom. The van der Waals surface area contributed by atoms with Gasteiger partial charge >= 0.3 is 6.18 Å². The van der Waals surface area contributed by atoms with Crippen LogP contribution in [0.1, 0.15) is 31.0 Å². The quantitative estimate of drug-likeness (QED) is 0.711. The summed E-state index contributed by atoms with van der Waals surface area (Å²) in [5, 5.41) is 3.37. The number of benzene rings is 1. The molecule has 0 atom stereocenters. The smallest absolute Gasteiger partial charge is 0.338 e. The molecule has 1 fully saturated rings. The zero-order chi connectivity index (χ0) is 22.1. The topological polar surface area (TPSA) is 75.5 Å². The first-order chi connectivity index (χ1) is 14.0. The predicted octanol–water partition coefficient (Wildman–Crippen LogP) is 2.56. The third kappa shape index (κ3) is 4.84.